The molecule has 0 aromatic heterocycles. The normalized spacial score (nSPS) is 26.0. The molecule has 0 amide bonds. The van der Waals surface area contributed by atoms with Gasteiger partial charge >= 0.3 is 0 Å². The number of aryl methyl sites for hydroxylation is 2. The van der Waals surface area contributed by atoms with Crippen LogP contribution in [-0.4, -0.2) is 12.1 Å². The topological polar surface area (TPSA) is 12.0 Å². The average molecular weight is 287 g/mol. The number of hydrogen-bond donors (Lipinski definition) is 1. The fraction of sp³-hybridized carbons (Fsp3) is 0.700. The van der Waals surface area contributed by atoms with E-state index in [0.29, 0.717) is 5.41 Å². The predicted molar refractivity (Wildman–Crippen MR) is 92.9 cm³/mol. The number of nitrogens with one attached hydrogen (secondary N) is 1. The lowest BCUT2D eigenvalue weighted by Gasteiger charge is -2.51. The van der Waals surface area contributed by atoms with Crippen molar-refractivity contribution < 1.29 is 0 Å². The van der Waals surface area contributed by atoms with Gasteiger partial charge in [-0.1, -0.05) is 43.2 Å². The van der Waals surface area contributed by atoms with Crippen LogP contribution in [0.4, 0.5) is 0 Å². The Morgan fingerprint density at radius 3 is 2.05 bits per heavy atom. The van der Waals surface area contributed by atoms with E-state index in [9.17, 15) is 0 Å². The second-order valence-corrected chi connectivity index (χ2v) is 8.67. The van der Waals surface area contributed by atoms with E-state index >= 15 is 0 Å². The Bertz CT molecular complexity index is 467. The van der Waals surface area contributed by atoms with Crippen molar-refractivity contribution >= 4 is 0 Å². The highest BCUT2D eigenvalue weighted by Gasteiger charge is 2.46. The Balaban J connectivity index is 2.25. The van der Waals surface area contributed by atoms with Gasteiger partial charge in [0, 0.05) is 17.5 Å². The van der Waals surface area contributed by atoms with Crippen LogP contribution in [0.5, 0.6) is 0 Å². The Morgan fingerprint density at radius 2 is 1.62 bits per heavy atom. The van der Waals surface area contributed by atoms with E-state index in [4.69, 9.17) is 0 Å². The molecular formula is C20H33N. The highest BCUT2D eigenvalue weighted by molar-refractivity contribution is 5.36. The molecule has 0 radical (unpaired) electrons. The molecule has 2 rings (SSSR count). The van der Waals surface area contributed by atoms with Crippen molar-refractivity contribution in [2.24, 2.45) is 11.8 Å². The summed E-state index contributed by atoms with van der Waals surface area (Å²) in [5, 5.41) is 3.76. The van der Waals surface area contributed by atoms with E-state index in [1.54, 1.807) is 5.56 Å². The van der Waals surface area contributed by atoms with E-state index < -0.39 is 0 Å². The van der Waals surface area contributed by atoms with Crippen molar-refractivity contribution in [1.82, 2.24) is 5.32 Å². The maximum atomic E-state index is 3.76. The minimum atomic E-state index is 0.189. The quantitative estimate of drug-likeness (QED) is 0.822. The summed E-state index contributed by atoms with van der Waals surface area (Å²) in [7, 11) is 0. The van der Waals surface area contributed by atoms with Gasteiger partial charge in [-0.2, -0.15) is 0 Å². The van der Waals surface area contributed by atoms with Crippen LogP contribution in [0.15, 0.2) is 18.2 Å². The summed E-state index contributed by atoms with van der Waals surface area (Å²) in [6.45, 7) is 17.1. The zero-order valence-corrected chi connectivity index (χ0v) is 15.0. The molecule has 0 aliphatic heterocycles. The van der Waals surface area contributed by atoms with Gasteiger partial charge in [0.25, 0.3) is 0 Å². The van der Waals surface area contributed by atoms with Crippen LogP contribution in [0.25, 0.3) is 0 Å². The van der Waals surface area contributed by atoms with Gasteiger partial charge in [-0.3, -0.25) is 0 Å². The van der Waals surface area contributed by atoms with E-state index in [2.05, 4.69) is 72.0 Å². The highest BCUT2D eigenvalue weighted by Crippen LogP contribution is 2.50. The van der Waals surface area contributed by atoms with Crippen molar-refractivity contribution in [3.8, 4) is 0 Å². The van der Waals surface area contributed by atoms with Gasteiger partial charge in [0.05, 0.1) is 0 Å². The largest absolute Gasteiger partial charge is 0.311 e. The highest BCUT2D eigenvalue weighted by atomic mass is 15.0. The van der Waals surface area contributed by atoms with Gasteiger partial charge < -0.3 is 5.32 Å². The average Bonchev–Trinajstić information content (AvgIpc) is 2.23. The summed E-state index contributed by atoms with van der Waals surface area (Å²) in [5.41, 5.74) is 4.88. The maximum Gasteiger partial charge on any atom is 0.00968 e. The van der Waals surface area contributed by atoms with Crippen LogP contribution in [0, 0.1) is 25.7 Å². The molecule has 1 aromatic carbocycles. The fourth-order valence-electron chi connectivity index (χ4n) is 3.61. The second kappa shape index (κ2) is 5.76. The summed E-state index contributed by atoms with van der Waals surface area (Å²) in [5.74, 6) is 1.69. The first kappa shape index (κ1) is 16.5. The van der Waals surface area contributed by atoms with Crippen LogP contribution in [-0.2, 0) is 5.41 Å². The molecule has 1 aromatic rings. The minimum absolute atomic E-state index is 0.189. The molecule has 21 heavy (non-hydrogen) atoms. The Morgan fingerprint density at radius 1 is 1.10 bits per heavy atom. The molecule has 0 unspecified atom stereocenters. The summed E-state index contributed by atoms with van der Waals surface area (Å²) in [6, 6.07) is 7.11. The molecule has 1 saturated carbocycles. The van der Waals surface area contributed by atoms with Crippen LogP contribution in [0.3, 0.4) is 0 Å². The van der Waals surface area contributed by atoms with Gasteiger partial charge in [-0.15, -0.1) is 0 Å². The third kappa shape index (κ3) is 3.88. The molecule has 1 nitrogen and oxygen atoms in total. The van der Waals surface area contributed by atoms with Gasteiger partial charge in [-0.25, -0.2) is 0 Å². The molecule has 1 fully saturated rings. The molecule has 118 valence electrons. The van der Waals surface area contributed by atoms with Crippen LogP contribution in [0.2, 0.25) is 0 Å². The summed E-state index contributed by atoms with van der Waals surface area (Å²) in [6.07, 6.45) is 2.66. The molecule has 0 heterocycles. The van der Waals surface area contributed by atoms with Crippen molar-refractivity contribution in [1.29, 1.82) is 0 Å². The monoisotopic (exact) mass is 287 g/mol. The Hall–Kier alpha value is -0.820. The number of hydrogen-bond acceptors (Lipinski definition) is 1. The van der Waals surface area contributed by atoms with Gasteiger partial charge in [0.2, 0.25) is 0 Å². The number of benzene rings is 1. The number of rotatable bonds is 4. The molecule has 0 atom stereocenters. The van der Waals surface area contributed by atoms with Gasteiger partial charge in [0.1, 0.15) is 0 Å². The van der Waals surface area contributed by atoms with Crippen molar-refractivity contribution in [2.75, 3.05) is 6.54 Å². The first-order valence-corrected chi connectivity index (χ1v) is 8.45. The molecule has 1 heteroatoms. The second-order valence-electron chi connectivity index (χ2n) is 8.67. The molecule has 1 aliphatic carbocycles. The SMILES string of the molecule is Cc1cc(C)cc(C2(CNC(C)(C)C)CC(C(C)C)C2)c1. The smallest absolute Gasteiger partial charge is 0.00968 e. The van der Waals surface area contributed by atoms with Crippen LogP contribution in [0.1, 0.15) is 64.2 Å². The van der Waals surface area contributed by atoms with Gasteiger partial charge in [-0.05, 0) is 64.9 Å². The van der Waals surface area contributed by atoms with Crippen molar-refractivity contribution in [2.45, 2.75) is 72.3 Å². The molecule has 0 saturated heterocycles. The Kier molecular flexibility index (Phi) is 4.54. The van der Waals surface area contributed by atoms with Gasteiger partial charge in [0.15, 0.2) is 0 Å². The molecule has 0 bridgehead atoms. The molecule has 1 N–H and O–H groups in total. The lowest BCUT2D eigenvalue weighted by molar-refractivity contribution is 0.0912. The molecular weight excluding hydrogens is 254 g/mol. The third-order valence-electron chi connectivity index (χ3n) is 5.04. The third-order valence-corrected chi connectivity index (χ3v) is 5.04. The zero-order valence-electron chi connectivity index (χ0n) is 15.0. The Labute approximate surface area is 131 Å². The van der Waals surface area contributed by atoms with Crippen LogP contribution >= 0.6 is 0 Å². The zero-order chi connectivity index (χ0) is 15.8. The van der Waals surface area contributed by atoms with Crippen molar-refractivity contribution in [3.05, 3.63) is 34.9 Å². The summed E-state index contributed by atoms with van der Waals surface area (Å²) in [4.78, 5) is 0. The fourth-order valence-corrected chi connectivity index (χ4v) is 3.61. The first-order chi connectivity index (χ1) is 9.61. The van der Waals surface area contributed by atoms with Crippen molar-refractivity contribution in [3.63, 3.8) is 0 Å². The first-order valence-electron chi connectivity index (χ1n) is 8.45. The standard InChI is InChI=1S/C20H33N/c1-14(2)17-11-20(12-17,13-21-19(5,6)7)18-9-15(3)8-16(4)10-18/h8-10,14,17,21H,11-13H2,1-7H3. The summed E-state index contributed by atoms with van der Waals surface area (Å²) < 4.78 is 0. The van der Waals surface area contributed by atoms with E-state index in [-0.39, 0.29) is 5.54 Å². The molecule has 0 spiro atoms. The van der Waals surface area contributed by atoms with E-state index in [0.717, 1.165) is 18.4 Å². The van der Waals surface area contributed by atoms with E-state index in [1.807, 2.05) is 0 Å². The lowest BCUT2D eigenvalue weighted by atomic mass is 9.55. The maximum absolute atomic E-state index is 3.76. The predicted octanol–water partition coefficient (Wildman–Crippen LogP) is 5.00. The minimum Gasteiger partial charge on any atom is -0.311 e. The van der Waals surface area contributed by atoms with Crippen LogP contribution < -0.4 is 5.32 Å². The summed E-state index contributed by atoms with van der Waals surface area (Å²) >= 11 is 0. The molecule has 1 aliphatic rings. The lowest BCUT2D eigenvalue weighted by Crippen LogP contribution is -2.53. The van der Waals surface area contributed by atoms with E-state index in [1.165, 1.54) is 24.0 Å².